The quantitative estimate of drug-likeness (QED) is 0.515. The Balaban J connectivity index is 1.70. The van der Waals surface area contributed by atoms with Gasteiger partial charge in [-0.2, -0.15) is 0 Å². The maximum Gasteiger partial charge on any atom is 0.325 e. The fraction of sp³-hybridized carbons (Fsp3) is 0.458. The Morgan fingerprint density at radius 3 is 2.35 bits per heavy atom. The molecule has 0 spiro atoms. The number of aryl methyl sites for hydroxylation is 2. The van der Waals surface area contributed by atoms with Crippen LogP contribution in [-0.2, 0) is 11.2 Å². The molecule has 3 amide bonds. The number of carbonyl (C=O) groups excluding carboxylic acids is 3. The fourth-order valence-corrected chi connectivity index (χ4v) is 4.33. The van der Waals surface area contributed by atoms with Crippen LogP contribution < -0.4 is 10.1 Å². The number of benzene rings is 1. The SMILES string of the molecule is COc1ccc(CC[C@@]2(C)NC(=O)N(CC(=O)c3cc(C)n(C(C)C)c3C)C2=O)cc1. The molecule has 0 radical (unpaired) electrons. The van der Waals surface area contributed by atoms with Crippen molar-refractivity contribution in [1.82, 2.24) is 14.8 Å². The molecule has 7 heteroatoms. The van der Waals surface area contributed by atoms with Crippen LogP contribution >= 0.6 is 0 Å². The molecule has 1 saturated heterocycles. The lowest BCUT2D eigenvalue weighted by molar-refractivity contribution is -0.130. The second-order valence-corrected chi connectivity index (χ2v) is 8.67. The Bertz CT molecular complexity index is 1010. The van der Waals surface area contributed by atoms with Gasteiger partial charge in [0.2, 0.25) is 0 Å². The molecule has 0 saturated carbocycles. The maximum atomic E-state index is 13.1. The molecule has 166 valence electrons. The van der Waals surface area contributed by atoms with Gasteiger partial charge in [0.05, 0.1) is 13.7 Å². The summed E-state index contributed by atoms with van der Waals surface area (Å²) < 4.78 is 7.25. The number of aromatic nitrogens is 1. The number of nitrogens with one attached hydrogen (secondary N) is 1. The van der Waals surface area contributed by atoms with Crippen molar-refractivity contribution in [2.24, 2.45) is 0 Å². The Morgan fingerprint density at radius 1 is 1.16 bits per heavy atom. The van der Waals surface area contributed by atoms with E-state index in [0.717, 1.165) is 27.6 Å². The zero-order valence-corrected chi connectivity index (χ0v) is 19.1. The van der Waals surface area contributed by atoms with Gasteiger partial charge in [-0.3, -0.25) is 14.5 Å². The number of imide groups is 1. The largest absolute Gasteiger partial charge is 0.497 e. The van der Waals surface area contributed by atoms with Crippen LogP contribution in [0.25, 0.3) is 0 Å². The number of hydrogen-bond donors (Lipinski definition) is 1. The molecule has 1 atom stereocenters. The van der Waals surface area contributed by atoms with Gasteiger partial charge in [0, 0.05) is 23.0 Å². The number of urea groups is 1. The number of ketones is 1. The Morgan fingerprint density at radius 2 is 1.81 bits per heavy atom. The predicted molar refractivity (Wildman–Crippen MR) is 119 cm³/mol. The highest BCUT2D eigenvalue weighted by atomic mass is 16.5. The summed E-state index contributed by atoms with van der Waals surface area (Å²) >= 11 is 0. The number of rotatable bonds is 8. The molecule has 1 aliphatic heterocycles. The first-order chi connectivity index (χ1) is 14.6. The summed E-state index contributed by atoms with van der Waals surface area (Å²) in [5.74, 6) is 0.168. The summed E-state index contributed by atoms with van der Waals surface area (Å²) in [6.07, 6.45) is 1.06. The minimum Gasteiger partial charge on any atom is -0.497 e. The molecule has 1 aliphatic rings. The van der Waals surface area contributed by atoms with E-state index in [0.29, 0.717) is 18.4 Å². The van der Waals surface area contributed by atoms with Crippen LogP contribution in [0.5, 0.6) is 5.75 Å². The van der Waals surface area contributed by atoms with Crippen molar-refractivity contribution < 1.29 is 19.1 Å². The average Bonchev–Trinajstić information content (AvgIpc) is 3.14. The lowest BCUT2D eigenvalue weighted by Gasteiger charge is -2.21. The number of hydrogen-bond acceptors (Lipinski definition) is 4. The minimum absolute atomic E-state index is 0.222. The summed E-state index contributed by atoms with van der Waals surface area (Å²) in [7, 11) is 1.61. The smallest absolute Gasteiger partial charge is 0.325 e. The lowest BCUT2D eigenvalue weighted by Crippen LogP contribution is -2.44. The monoisotopic (exact) mass is 425 g/mol. The number of ether oxygens (including phenoxy) is 1. The minimum atomic E-state index is -1.04. The normalized spacial score (nSPS) is 18.6. The highest BCUT2D eigenvalue weighted by Crippen LogP contribution is 2.26. The topological polar surface area (TPSA) is 80.6 Å². The summed E-state index contributed by atoms with van der Waals surface area (Å²) in [6.45, 7) is 9.41. The summed E-state index contributed by atoms with van der Waals surface area (Å²) in [5, 5.41) is 2.78. The average molecular weight is 426 g/mol. The Hall–Kier alpha value is -3.09. The number of amides is 3. The van der Waals surface area contributed by atoms with Crippen molar-refractivity contribution >= 4 is 17.7 Å². The second kappa shape index (κ2) is 8.57. The molecular weight excluding hydrogens is 394 g/mol. The zero-order valence-electron chi connectivity index (χ0n) is 19.1. The first-order valence-electron chi connectivity index (χ1n) is 10.6. The predicted octanol–water partition coefficient (Wildman–Crippen LogP) is 3.82. The lowest BCUT2D eigenvalue weighted by atomic mass is 9.93. The number of carbonyl (C=O) groups is 3. The van der Waals surface area contributed by atoms with Crippen LogP contribution in [0.15, 0.2) is 30.3 Å². The summed E-state index contributed by atoms with van der Waals surface area (Å²) in [5.41, 5.74) is 2.40. The Labute approximate surface area is 183 Å². The van der Waals surface area contributed by atoms with Crippen molar-refractivity contribution in [2.75, 3.05) is 13.7 Å². The van der Waals surface area contributed by atoms with E-state index in [-0.39, 0.29) is 24.3 Å². The molecule has 1 aromatic heterocycles. The van der Waals surface area contributed by atoms with E-state index in [4.69, 9.17) is 4.74 Å². The van der Waals surface area contributed by atoms with Crippen molar-refractivity contribution in [3.05, 3.63) is 52.8 Å². The van der Waals surface area contributed by atoms with Crippen LogP contribution in [0.4, 0.5) is 4.79 Å². The fourth-order valence-electron chi connectivity index (χ4n) is 4.33. The third-order valence-corrected chi connectivity index (χ3v) is 6.02. The molecule has 7 nitrogen and oxygen atoms in total. The molecule has 1 fully saturated rings. The van der Waals surface area contributed by atoms with Gasteiger partial charge in [-0.25, -0.2) is 4.79 Å². The third-order valence-electron chi connectivity index (χ3n) is 6.02. The number of methoxy groups -OCH3 is 1. The summed E-state index contributed by atoms with van der Waals surface area (Å²) in [6, 6.07) is 9.15. The molecule has 2 aromatic rings. The van der Waals surface area contributed by atoms with Gasteiger partial charge in [-0.1, -0.05) is 12.1 Å². The zero-order chi connectivity index (χ0) is 22.9. The van der Waals surface area contributed by atoms with Crippen molar-refractivity contribution in [3.63, 3.8) is 0 Å². The van der Waals surface area contributed by atoms with Crippen molar-refractivity contribution in [3.8, 4) is 5.75 Å². The second-order valence-electron chi connectivity index (χ2n) is 8.67. The van der Waals surface area contributed by atoms with Gasteiger partial charge in [0.25, 0.3) is 5.91 Å². The van der Waals surface area contributed by atoms with E-state index in [1.807, 2.05) is 44.2 Å². The van der Waals surface area contributed by atoms with Crippen LogP contribution in [0.3, 0.4) is 0 Å². The molecule has 0 bridgehead atoms. The van der Waals surface area contributed by atoms with E-state index in [1.165, 1.54) is 0 Å². The molecule has 0 unspecified atom stereocenters. The molecule has 3 rings (SSSR count). The van der Waals surface area contributed by atoms with Crippen molar-refractivity contribution in [2.45, 2.75) is 59.0 Å². The molecule has 31 heavy (non-hydrogen) atoms. The number of Topliss-reactive ketones (excluding diaryl/α,β-unsaturated/α-hetero) is 1. The van der Waals surface area contributed by atoms with Crippen LogP contribution in [0.1, 0.15) is 60.5 Å². The van der Waals surface area contributed by atoms with Gasteiger partial charge in [-0.05, 0) is 71.2 Å². The number of nitrogens with zero attached hydrogens (tertiary/aromatic N) is 2. The van der Waals surface area contributed by atoms with Crippen LogP contribution in [-0.4, -0.2) is 46.4 Å². The van der Waals surface area contributed by atoms with Crippen molar-refractivity contribution in [1.29, 1.82) is 0 Å². The van der Waals surface area contributed by atoms with Gasteiger partial charge in [-0.15, -0.1) is 0 Å². The van der Waals surface area contributed by atoms with E-state index < -0.39 is 11.6 Å². The van der Waals surface area contributed by atoms with Gasteiger partial charge >= 0.3 is 6.03 Å². The molecular formula is C24H31N3O4. The molecule has 1 N–H and O–H groups in total. The standard InChI is InChI=1S/C24H31N3O4/c1-15(2)27-16(3)13-20(17(27)4)21(28)14-26-22(29)24(5,25-23(26)30)12-11-18-7-9-19(31-6)10-8-18/h7-10,13,15H,11-12,14H2,1-6H3,(H,25,30)/t24-/m1/s1. The van der Waals surface area contributed by atoms with Gasteiger partial charge in [0.15, 0.2) is 5.78 Å². The van der Waals surface area contributed by atoms with Gasteiger partial charge in [0.1, 0.15) is 11.3 Å². The van der Waals surface area contributed by atoms with E-state index in [2.05, 4.69) is 23.7 Å². The maximum absolute atomic E-state index is 13.1. The molecule has 2 heterocycles. The Kier molecular flexibility index (Phi) is 6.25. The van der Waals surface area contributed by atoms with E-state index >= 15 is 0 Å². The highest BCUT2D eigenvalue weighted by molar-refractivity contribution is 6.11. The first kappa shape index (κ1) is 22.6. The highest BCUT2D eigenvalue weighted by Gasteiger charge is 2.48. The summed E-state index contributed by atoms with van der Waals surface area (Å²) in [4.78, 5) is 39.6. The third kappa shape index (κ3) is 4.36. The van der Waals surface area contributed by atoms with E-state index in [1.54, 1.807) is 14.0 Å². The van der Waals surface area contributed by atoms with Crippen LogP contribution in [0.2, 0.25) is 0 Å². The van der Waals surface area contributed by atoms with E-state index in [9.17, 15) is 14.4 Å². The molecule has 0 aliphatic carbocycles. The van der Waals surface area contributed by atoms with Gasteiger partial charge < -0.3 is 14.6 Å². The van der Waals surface area contributed by atoms with Crippen LogP contribution in [0, 0.1) is 13.8 Å². The first-order valence-corrected chi connectivity index (χ1v) is 10.6. The molecule has 1 aromatic carbocycles.